The number of benzene rings is 1. The van der Waals surface area contributed by atoms with Crippen molar-refractivity contribution in [2.45, 2.75) is 38.6 Å². The third-order valence-corrected chi connectivity index (χ3v) is 6.26. The van der Waals surface area contributed by atoms with Crippen LogP contribution in [0.25, 0.3) is 0 Å². The van der Waals surface area contributed by atoms with Crippen LogP contribution >= 0.6 is 11.3 Å². The van der Waals surface area contributed by atoms with Gasteiger partial charge in [-0.05, 0) is 43.3 Å². The van der Waals surface area contributed by atoms with Crippen LogP contribution in [0.5, 0.6) is 0 Å². The van der Waals surface area contributed by atoms with E-state index in [4.69, 9.17) is 0 Å². The molecule has 1 aromatic carbocycles. The Balaban J connectivity index is 1.86. The number of nitro groups is 1. The van der Waals surface area contributed by atoms with Gasteiger partial charge in [-0.1, -0.05) is 18.9 Å². The topological polar surface area (TPSA) is 66.7 Å². The van der Waals surface area contributed by atoms with Crippen molar-refractivity contribution in [1.29, 1.82) is 0 Å². The molecule has 0 spiro atoms. The zero-order valence-electron chi connectivity index (χ0n) is 15.8. The largest absolute Gasteiger partial charge is 0.366 e. The Bertz CT molecular complexity index is 799. The van der Waals surface area contributed by atoms with Crippen LogP contribution in [0.1, 0.15) is 53.9 Å². The lowest BCUT2D eigenvalue weighted by Crippen LogP contribution is -2.29. The van der Waals surface area contributed by atoms with Crippen LogP contribution < -0.4 is 4.90 Å². The van der Waals surface area contributed by atoms with Gasteiger partial charge in [-0.25, -0.2) is 0 Å². The van der Waals surface area contributed by atoms with Crippen molar-refractivity contribution in [2.24, 2.45) is 0 Å². The molecule has 1 unspecified atom stereocenters. The molecule has 0 saturated carbocycles. The molecule has 0 N–H and O–H groups in total. The molecule has 1 aliphatic rings. The number of nitrogens with zero attached hydrogens (tertiary/aromatic N) is 3. The van der Waals surface area contributed by atoms with E-state index in [0.717, 1.165) is 43.6 Å². The van der Waals surface area contributed by atoms with Gasteiger partial charge in [-0.15, -0.1) is 11.3 Å². The number of nitro benzene ring substituents is 1. The third-order valence-electron chi connectivity index (χ3n) is 5.22. The highest BCUT2D eigenvalue weighted by molar-refractivity contribution is 7.10. The van der Waals surface area contributed by atoms with Crippen LogP contribution in [-0.2, 0) is 0 Å². The van der Waals surface area contributed by atoms with Gasteiger partial charge in [0.25, 0.3) is 11.6 Å². The summed E-state index contributed by atoms with van der Waals surface area (Å²) in [6, 6.07) is 8.75. The smallest absolute Gasteiger partial charge is 0.293 e. The number of rotatable bonds is 5. The van der Waals surface area contributed by atoms with Gasteiger partial charge in [0.05, 0.1) is 11.0 Å². The molecule has 2 aromatic rings. The first-order chi connectivity index (χ1) is 13.0. The van der Waals surface area contributed by atoms with Gasteiger partial charge in [0, 0.05) is 36.6 Å². The van der Waals surface area contributed by atoms with Crippen molar-refractivity contribution in [3.05, 3.63) is 56.3 Å². The van der Waals surface area contributed by atoms with E-state index in [1.807, 2.05) is 24.4 Å². The molecule has 144 valence electrons. The van der Waals surface area contributed by atoms with Gasteiger partial charge in [0.15, 0.2) is 0 Å². The fraction of sp³-hybridized carbons (Fsp3) is 0.450. The molecule has 1 aliphatic heterocycles. The van der Waals surface area contributed by atoms with Crippen LogP contribution in [0.3, 0.4) is 0 Å². The summed E-state index contributed by atoms with van der Waals surface area (Å²) in [5.74, 6) is -0.207. The quantitative estimate of drug-likeness (QED) is 0.542. The first-order valence-electron chi connectivity index (χ1n) is 9.33. The van der Waals surface area contributed by atoms with E-state index >= 15 is 0 Å². The zero-order valence-corrected chi connectivity index (χ0v) is 16.6. The van der Waals surface area contributed by atoms with Gasteiger partial charge >= 0.3 is 0 Å². The molecule has 3 rings (SSSR count). The second-order valence-electron chi connectivity index (χ2n) is 6.97. The fourth-order valence-corrected chi connectivity index (χ4v) is 4.31. The van der Waals surface area contributed by atoms with Crippen molar-refractivity contribution in [2.75, 3.05) is 25.0 Å². The summed E-state index contributed by atoms with van der Waals surface area (Å²) in [4.78, 5) is 29.0. The van der Waals surface area contributed by atoms with Gasteiger partial charge in [-0.3, -0.25) is 14.9 Å². The Hall–Kier alpha value is -2.41. The second-order valence-corrected chi connectivity index (χ2v) is 7.95. The van der Waals surface area contributed by atoms with E-state index in [-0.39, 0.29) is 22.6 Å². The summed E-state index contributed by atoms with van der Waals surface area (Å²) >= 11 is 1.59. The van der Waals surface area contributed by atoms with E-state index in [2.05, 4.69) is 4.90 Å². The molecule has 1 saturated heterocycles. The lowest BCUT2D eigenvalue weighted by molar-refractivity contribution is -0.384. The van der Waals surface area contributed by atoms with E-state index in [1.54, 1.807) is 35.4 Å². The number of anilines is 1. The molecular weight excluding hydrogens is 362 g/mol. The van der Waals surface area contributed by atoms with Gasteiger partial charge in [-0.2, -0.15) is 0 Å². The summed E-state index contributed by atoms with van der Waals surface area (Å²) in [5.41, 5.74) is 0.985. The number of carbonyl (C=O) groups excluding carboxylic acids is 1. The fourth-order valence-electron chi connectivity index (χ4n) is 3.48. The highest BCUT2D eigenvalue weighted by Gasteiger charge is 2.25. The number of carbonyl (C=O) groups is 1. The normalized spacial score (nSPS) is 15.9. The van der Waals surface area contributed by atoms with Crippen molar-refractivity contribution >= 4 is 28.6 Å². The van der Waals surface area contributed by atoms with Crippen molar-refractivity contribution in [3.8, 4) is 0 Å². The number of thiophene rings is 1. The Kier molecular flexibility index (Phi) is 6.11. The predicted molar refractivity (Wildman–Crippen MR) is 109 cm³/mol. The molecule has 1 fully saturated rings. The van der Waals surface area contributed by atoms with Crippen molar-refractivity contribution < 1.29 is 9.72 Å². The highest BCUT2D eigenvalue weighted by Crippen LogP contribution is 2.32. The minimum absolute atomic E-state index is 0.0138. The lowest BCUT2D eigenvalue weighted by Gasteiger charge is -2.25. The van der Waals surface area contributed by atoms with Crippen molar-refractivity contribution in [1.82, 2.24) is 4.90 Å². The van der Waals surface area contributed by atoms with Crippen molar-refractivity contribution in [3.63, 3.8) is 0 Å². The van der Waals surface area contributed by atoms with Crippen LogP contribution in [0.15, 0.2) is 35.7 Å². The van der Waals surface area contributed by atoms with E-state index in [9.17, 15) is 14.9 Å². The summed E-state index contributed by atoms with van der Waals surface area (Å²) in [6.45, 7) is 3.61. The molecule has 27 heavy (non-hydrogen) atoms. The maximum Gasteiger partial charge on any atom is 0.293 e. The maximum atomic E-state index is 12.9. The summed E-state index contributed by atoms with van der Waals surface area (Å²) in [6.07, 6.45) is 4.40. The minimum atomic E-state index is -0.375. The van der Waals surface area contributed by atoms with Gasteiger partial charge < -0.3 is 9.80 Å². The Morgan fingerprint density at radius 1 is 1.22 bits per heavy atom. The zero-order chi connectivity index (χ0) is 19.4. The molecule has 0 aliphatic carbocycles. The standard InChI is InChI=1S/C20H25N3O3S/c1-15(19-8-7-13-27-19)21(2)20(24)16-9-10-17(18(14-16)23(25)26)22-11-5-3-4-6-12-22/h7-10,13-15H,3-6,11-12H2,1-2H3. The predicted octanol–water partition coefficient (Wildman–Crippen LogP) is 4.87. The molecule has 1 amide bonds. The highest BCUT2D eigenvalue weighted by atomic mass is 32.1. The number of hydrogen-bond acceptors (Lipinski definition) is 5. The molecule has 1 aromatic heterocycles. The first-order valence-corrected chi connectivity index (χ1v) is 10.2. The summed E-state index contributed by atoms with van der Waals surface area (Å²) in [5, 5.41) is 13.6. The third kappa shape index (κ3) is 4.30. The monoisotopic (exact) mass is 387 g/mol. The SMILES string of the molecule is CC(c1cccs1)N(C)C(=O)c1ccc(N2CCCCCC2)c([N+](=O)[O-])c1. The van der Waals surface area contributed by atoms with Gasteiger partial charge in [0.1, 0.15) is 5.69 Å². The maximum absolute atomic E-state index is 12.9. The Morgan fingerprint density at radius 2 is 1.93 bits per heavy atom. The average Bonchev–Trinajstić information content (AvgIpc) is 3.08. The summed E-state index contributed by atoms with van der Waals surface area (Å²) in [7, 11) is 1.74. The molecule has 1 atom stereocenters. The van der Waals surface area contributed by atoms with Crippen LogP contribution in [0.2, 0.25) is 0 Å². The molecule has 0 radical (unpaired) electrons. The first kappa shape index (κ1) is 19.4. The molecule has 6 nitrogen and oxygen atoms in total. The molecule has 7 heteroatoms. The van der Waals surface area contributed by atoms with Crippen LogP contribution in [-0.4, -0.2) is 35.9 Å². The Morgan fingerprint density at radius 3 is 2.52 bits per heavy atom. The van der Waals surface area contributed by atoms with E-state index in [1.165, 1.54) is 6.07 Å². The number of amides is 1. The van der Waals surface area contributed by atoms with Gasteiger partial charge in [0.2, 0.25) is 0 Å². The summed E-state index contributed by atoms with van der Waals surface area (Å²) < 4.78 is 0. The second kappa shape index (κ2) is 8.52. The average molecular weight is 388 g/mol. The van der Waals surface area contributed by atoms with E-state index in [0.29, 0.717) is 11.3 Å². The molecule has 2 heterocycles. The van der Waals surface area contributed by atoms with Crippen LogP contribution in [0.4, 0.5) is 11.4 Å². The molecular formula is C20H25N3O3S. The van der Waals surface area contributed by atoms with E-state index < -0.39 is 0 Å². The molecule has 0 bridgehead atoms. The lowest BCUT2D eigenvalue weighted by atomic mass is 10.1. The minimum Gasteiger partial charge on any atom is -0.366 e. The van der Waals surface area contributed by atoms with Crippen LogP contribution in [0, 0.1) is 10.1 Å². The number of hydrogen-bond donors (Lipinski definition) is 0. The Labute approximate surface area is 163 Å².